The van der Waals surface area contributed by atoms with E-state index in [4.69, 9.17) is 0 Å². The number of nitrogens with one attached hydrogen (secondary N) is 2. The Bertz CT molecular complexity index is 701. The van der Waals surface area contributed by atoms with E-state index in [1.807, 2.05) is 0 Å². The van der Waals surface area contributed by atoms with Gasteiger partial charge in [-0.05, 0) is 38.3 Å². The number of pyridine rings is 1. The maximum Gasteiger partial charge on any atom is 0.222 e. The van der Waals surface area contributed by atoms with Gasteiger partial charge in [0.15, 0.2) is 0 Å². The molecule has 6 nitrogen and oxygen atoms in total. The van der Waals surface area contributed by atoms with E-state index in [9.17, 15) is 17.6 Å². The van der Waals surface area contributed by atoms with E-state index in [-0.39, 0.29) is 18.1 Å². The molecule has 0 bridgehead atoms. The summed E-state index contributed by atoms with van der Waals surface area (Å²) in [6.07, 6.45) is 3.12. The molecule has 2 fully saturated rings. The SMILES string of the molecule is CC1(CC(=O)NC2(c3ccc(F)cn3)CC2)CCS(=O)(=O)N1. The predicted molar refractivity (Wildman–Crippen MR) is 77.8 cm³/mol. The first-order valence-corrected chi connectivity index (χ1v) is 8.82. The standard InChI is InChI=1S/C14H18FN3O3S/c1-13(6-7-22(20,21)18-13)8-12(19)17-14(4-5-14)11-3-2-10(15)9-16-11/h2-3,9,18H,4-8H2,1H3,(H,17,19). The Hall–Kier alpha value is -1.54. The zero-order valence-corrected chi connectivity index (χ0v) is 13.0. The minimum Gasteiger partial charge on any atom is -0.345 e. The molecular weight excluding hydrogens is 309 g/mol. The zero-order valence-electron chi connectivity index (χ0n) is 12.2. The second-order valence-corrected chi connectivity index (χ2v) is 8.24. The van der Waals surface area contributed by atoms with Crippen LogP contribution in [0.4, 0.5) is 4.39 Å². The minimum absolute atomic E-state index is 0.0431. The highest BCUT2D eigenvalue weighted by Gasteiger charge is 2.48. The van der Waals surface area contributed by atoms with Crippen molar-refractivity contribution >= 4 is 15.9 Å². The number of hydrogen-bond acceptors (Lipinski definition) is 4. The Morgan fingerprint density at radius 2 is 2.14 bits per heavy atom. The summed E-state index contributed by atoms with van der Waals surface area (Å²) in [6.45, 7) is 1.73. The fraction of sp³-hybridized carbons (Fsp3) is 0.571. The number of hydrogen-bond donors (Lipinski definition) is 2. The van der Waals surface area contributed by atoms with Crippen LogP contribution in [0.3, 0.4) is 0 Å². The second kappa shape index (κ2) is 4.99. The number of aromatic nitrogens is 1. The summed E-state index contributed by atoms with van der Waals surface area (Å²) in [7, 11) is -3.27. The molecule has 1 aliphatic heterocycles. The molecule has 8 heteroatoms. The van der Waals surface area contributed by atoms with Crippen LogP contribution in [0.15, 0.2) is 18.3 Å². The molecule has 1 unspecified atom stereocenters. The summed E-state index contributed by atoms with van der Waals surface area (Å²) in [5.74, 6) is -0.601. The molecule has 120 valence electrons. The van der Waals surface area contributed by atoms with Crippen LogP contribution in [-0.2, 0) is 20.4 Å². The summed E-state index contributed by atoms with van der Waals surface area (Å²) in [5.41, 5.74) is -0.632. The van der Waals surface area contributed by atoms with E-state index in [1.165, 1.54) is 6.07 Å². The average Bonchev–Trinajstić information content (AvgIpc) is 3.11. The Balaban J connectivity index is 1.66. The van der Waals surface area contributed by atoms with Crippen LogP contribution in [0.1, 0.15) is 38.3 Å². The molecule has 1 aromatic heterocycles. The first-order valence-electron chi connectivity index (χ1n) is 7.17. The van der Waals surface area contributed by atoms with Gasteiger partial charge in [-0.25, -0.2) is 17.5 Å². The first kappa shape index (κ1) is 15.4. The molecule has 1 saturated heterocycles. The molecule has 1 amide bonds. The third kappa shape index (κ3) is 3.12. The fourth-order valence-electron chi connectivity index (χ4n) is 2.86. The second-order valence-electron chi connectivity index (χ2n) is 6.40. The quantitative estimate of drug-likeness (QED) is 0.856. The Kier molecular flexibility index (Phi) is 3.48. The molecular formula is C14H18FN3O3S. The molecule has 0 radical (unpaired) electrons. The predicted octanol–water partition coefficient (Wildman–Crippen LogP) is 0.798. The van der Waals surface area contributed by atoms with Crippen LogP contribution in [0.5, 0.6) is 0 Å². The van der Waals surface area contributed by atoms with Gasteiger partial charge >= 0.3 is 0 Å². The molecule has 2 N–H and O–H groups in total. The van der Waals surface area contributed by atoms with Gasteiger partial charge in [0, 0.05) is 12.0 Å². The molecule has 0 spiro atoms. The third-order valence-electron chi connectivity index (χ3n) is 4.22. The van der Waals surface area contributed by atoms with Gasteiger partial charge in [0.1, 0.15) is 5.82 Å². The highest BCUT2D eigenvalue weighted by molar-refractivity contribution is 7.89. The van der Waals surface area contributed by atoms with Crippen LogP contribution in [0, 0.1) is 5.82 Å². The molecule has 2 heterocycles. The van der Waals surface area contributed by atoms with E-state index in [0.717, 1.165) is 19.0 Å². The van der Waals surface area contributed by atoms with Crippen molar-refractivity contribution in [1.29, 1.82) is 0 Å². The van der Waals surface area contributed by atoms with Gasteiger partial charge in [-0.15, -0.1) is 0 Å². The fourth-order valence-corrected chi connectivity index (χ4v) is 4.60. The molecule has 2 aliphatic rings. The molecule has 1 atom stereocenters. The number of amides is 1. The van der Waals surface area contributed by atoms with Crippen molar-refractivity contribution in [2.45, 2.75) is 43.7 Å². The molecule has 1 aliphatic carbocycles. The highest BCUT2D eigenvalue weighted by Crippen LogP contribution is 2.44. The van der Waals surface area contributed by atoms with Crippen LogP contribution in [0.2, 0.25) is 0 Å². The number of sulfonamides is 1. The first-order chi connectivity index (χ1) is 10.2. The van der Waals surface area contributed by atoms with Crippen LogP contribution in [-0.4, -0.2) is 30.6 Å². The molecule has 1 aromatic rings. The van der Waals surface area contributed by atoms with Crippen molar-refractivity contribution in [3.63, 3.8) is 0 Å². The Morgan fingerprint density at radius 1 is 1.41 bits per heavy atom. The lowest BCUT2D eigenvalue weighted by atomic mass is 9.95. The number of halogens is 1. The largest absolute Gasteiger partial charge is 0.345 e. The Labute approximate surface area is 128 Å². The van der Waals surface area contributed by atoms with Crippen LogP contribution >= 0.6 is 0 Å². The van der Waals surface area contributed by atoms with Gasteiger partial charge < -0.3 is 5.32 Å². The van der Waals surface area contributed by atoms with E-state index in [2.05, 4.69) is 15.0 Å². The maximum absolute atomic E-state index is 12.9. The topological polar surface area (TPSA) is 88.2 Å². The van der Waals surface area contributed by atoms with E-state index >= 15 is 0 Å². The van der Waals surface area contributed by atoms with Crippen molar-refractivity contribution in [3.8, 4) is 0 Å². The average molecular weight is 327 g/mol. The van der Waals surface area contributed by atoms with Crippen LogP contribution < -0.4 is 10.0 Å². The summed E-state index contributed by atoms with van der Waals surface area (Å²) in [4.78, 5) is 16.3. The highest BCUT2D eigenvalue weighted by atomic mass is 32.2. The normalized spacial score (nSPS) is 28.3. The van der Waals surface area contributed by atoms with E-state index in [0.29, 0.717) is 12.1 Å². The van der Waals surface area contributed by atoms with Gasteiger partial charge in [0.2, 0.25) is 15.9 Å². The summed E-state index contributed by atoms with van der Waals surface area (Å²) >= 11 is 0. The van der Waals surface area contributed by atoms with Gasteiger partial charge in [0.05, 0.1) is 23.2 Å². The van der Waals surface area contributed by atoms with Crippen molar-refractivity contribution in [3.05, 3.63) is 29.8 Å². The monoisotopic (exact) mass is 327 g/mol. The van der Waals surface area contributed by atoms with Gasteiger partial charge in [-0.3, -0.25) is 9.78 Å². The van der Waals surface area contributed by atoms with Gasteiger partial charge in [0.25, 0.3) is 0 Å². The lowest BCUT2D eigenvalue weighted by Gasteiger charge is -2.24. The van der Waals surface area contributed by atoms with Gasteiger partial charge in [-0.2, -0.15) is 0 Å². The number of nitrogens with zero attached hydrogens (tertiary/aromatic N) is 1. The van der Waals surface area contributed by atoms with Gasteiger partial charge in [-0.1, -0.05) is 0 Å². The molecule has 3 rings (SSSR count). The lowest BCUT2D eigenvalue weighted by Crippen LogP contribution is -2.45. The van der Waals surface area contributed by atoms with Crippen molar-refractivity contribution in [2.75, 3.05) is 5.75 Å². The van der Waals surface area contributed by atoms with E-state index in [1.54, 1.807) is 13.0 Å². The zero-order chi connectivity index (χ0) is 16.0. The van der Waals surface area contributed by atoms with Crippen molar-refractivity contribution in [1.82, 2.24) is 15.0 Å². The lowest BCUT2D eigenvalue weighted by molar-refractivity contribution is -0.123. The number of rotatable bonds is 4. The summed E-state index contributed by atoms with van der Waals surface area (Å²) < 4.78 is 38.5. The smallest absolute Gasteiger partial charge is 0.222 e. The number of carbonyl (C=O) groups excluding carboxylic acids is 1. The molecule has 1 saturated carbocycles. The third-order valence-corrected chi connectivity index (χ3v) is 5.77. The summed E-state index contributed by atoms with van der Waals surface area (Å²) in [5, 5.41) is 2.92. The van der Waals surface area contributed by atoms with Crippen LogP contribution in [0.25, 0.3) is 0 Å². The number of carbonyl (C=O) groups is 1. The molecule has 22 heavy (non-hydrogen) atoms. The molecule has 0 aromatic carbocycles. The maximum atomic E-state index is 12.9. The summed E-state index contributed by atoms with van der Waals surface area (Å²) in [6, 6.07) is 2.89. The Morgan fingerprint density at radius 3 is 2.64 bits per heavy atom. The van der Waals surface area contributed by atoms with E-state index < -0.39 is 26.9 Å². The van der Waals surface area contributed by atoms with Crippen molar-refractivity contribution < 1.29 is 17.6 Å². The van der Waals surface area contributed by atoms with Crippen molar-refractivity contribution in [2.24, 2.45) is 0 Å². The minimum atomic E-state index is -3.27.